The predicted molar refractivity (Wildman–Crippen MR) is 65.6 cm³/mol. The maximum absolute atomic E-state index is 4.54. The summed E-state index contributed by atoms with van der Waals surface area (Å²) in [7, 11) is 0. The molecule has 2 rings (SSSR count). The van der Waals surface area contributed by atoms with Gasteiger partial charge in [-0.15, -0.1) is 11.3 Å². The molecule has 84 valence electrons. The summed E-state index contributed by atoms with van der Waals surface area (Å²) < 4.78 is 0. The van der Waals surface area contributed by atoms with E-state index in [0.29, 0.717) is 6.04 Å². The van der Waals surface area contributed by atoms with Crippen LogP contribution in [0.3, 0.4) is 0 Å². The first-order valence-corrected chi connectivity index (χ1v) is 6.68. The van der Waals surface area contributed by atoms with Crippen LogP contribution < -0.4 is 10.6 Å². The van der Waals surface area contributed by atoms with Crippen molar-refractivity contribution in [3.63, 3.8) is 0 Å². The summed E-state index contributed by atoms with van der Waals surface area (Å²) in [6.07, 6.45) is 4.77. The van der Waals surface area contributed by atoms with Crippen LogP contribution >= 0.6 is 11.3 Å². The molecule has 3 nitrogen and oxygen atoms in total. The van der Waals surface area contributed by atoms with E-state index in [9.17, 15) is 0 Å². The van der Waals surface area contributed by atoms with E-state index in [2.05, 4.69) is 27.9 Å². The fraction of sp³-hybridized carbons (Fsp3) is 0.727. The summed E-state index contributed by atoms with van der Waals surface area (Å²) in [4.78, 5) is 4.54. The number of hydrogen-bond donors (Lipinski definition) is 2. The van der Waals surface area contributed by atoms with Crippen molar-refractivity contribution in [3.8, 4) is 0 Å². The first-order chi connectivity index (χ1) is 7.38. The maximum Gasteiger partial charge on any atom is 0.183 e. The molecule has 0 amide bonds. The second kappa shape index (κ2) is 5.47. The normalized spacial score (nSPS) is 22.3. The number of hydrogen-bond acceptors (Lipinski definition) is 4. The smallest absolute Gasteiger partial charge is 0.183 e. The third-order valence-electron chi connectivity index (χ3n) is 2.82. The maximum atomic E-state index is 4.54. The summed E-state index contributed by atoms with van der Waals surface area (Å²) >= 11 is 1.73. The van der Waals surface area contributed by atoms with Gasteiger partial charge in [-0.2, -0.15) is 0 Å². The van der Waals surface area contributed by atoms with Crippen molar-refractivity contribution < 1.29 is 0 Å². The first-order valence-electron chi connectivity index (χ1n) is 5.80. The standard InChI is InChI=1S/C11H19N3S/c1-2-9-8-15-11(13-9)14-10-4-3-6-12-7-5-10/h8,10,12H,2-7H2,1H3,(H,13,14). The highest BCUT2D eigenvalue weighted by Gasteiger charge is 2.12. The molecule has 1 saturated heterocycles. The van der Waals surface area contributed by atoms with E-state index in [4.69, 9.17) is 0 Å². The number of rotatable bonds is 3. The monoisotopic (exact) mass is 225 g/mol. The number of thiazole rings is 1. The van der Waals surface area contributed by atoms with Crippen molar-refractivity contribution in [2.24, 2.45) is 0 Å². The first kappa shape index (κ1) is 10.9. The minimum absolute atomic E-state index is 0.607. The van der Waals surface area contributed by atoms with Gasteiger partial charge < -0.3 is 10.6 Å². The summed E-state index contributed by atoms with van der Waals surface area (Å²) in [5.41, 5.74) is 1.20. The van der Waals surface area contributed by atoms with Crippen LogP contribution in [0.5, 0.6) is 0 Å². The quantitative estimate of drug-likeness (QED) is 0.828. The Morgan fingerprint density at radius 1 is 1.53 bits per heavy atom. The highest BCUT2D eigenvalue weighted by Crippen LogP contribution is 2.19. The fourth-order valence-corrected chi connectivity index (χ4v) is 2.75. The minimum Gasteiger partial charge on any atom is -0.359 e. The summed E-state index contributed by atoms with van der Waals surface area (Å²) in [5, 5.41) is 10.2. The van der Waals surface area contributed by atoms with Crippen molar-refractivity contribution in [3.05, 3.63) is 11.1 Å². The zero-order valence-corrected chi connectivity index (χ0v) is 10.1. The Labute approximate surface area is 95.3 Å². The average molecular weight is 225 g/mol. The van der Waals surface area contributed by atoms with Gasteiger partial charge in [0.15, 0.2) is 5.13 Å². The fourth-order valence-electron chi connectivity index (χ4n) is 1.87. The van der Waals surface area contributed by atoms with E-state index in [1.165, 1.54) is 25.0 Å². The second-order valence-electron chi connectivity index (χ2n) is 4.02. The van der Waals surface area contributed by atoms with Crippen molar-refractivity contribution in [1.29, 1.82) is 0 Å². The third kappa shape index (κ3) is 3.18. The Morgan fingerprint density at radius 2 is 2.47 bits per heavy atom. The van der Waals surface area contributed by atoms with Crippen LogP contribution in [0, 0.1) is 0 Å². The van der Waals surface area contributed by atoms with Crippen LogP contribution in [0.15, 0.2) is 5.38 Å². The molecule has 1 fully saturated rings. The Bertz CT molecular complexity index is 290. The zero-order chi connectivity index (χ0) is 10.5. The number of aryl methyl sites for hydroxylation is 1. The highest BCUT2D eigenvalue weighted by molar-refractivity contribution is 7.13. The molecule has 1 aliphatic heterocycles. The zero-order valence-electron chi connectivity index (χ0n) is 9.25. The van der Waals surface area contributed by atoms with Gasteiger partial charge in [0.1, 0.15) is 0 Å². The molecule has 1 aliphatic rings. The highest BCUT2D eigenvalue weighted by atomic mass is 32.1. The Morgan fingerprint density at radius 3 is 3.27 bits per heavy atom. The van der Waals surface area contributed by atoms with Gasteiger partial charge in [0.25, 0.3) is 0 Å². The van der Waals surface area contributed by atoms with Gasteiger partial charge in [-0.3, -0.25) is 0 Å². The second-order valence-corrected chi connectivity index (χ2v) is 4.88. The molecule has 1 atom stereocenters. The van der Waals surface area contributed by atoms with Gasteiger partial charge in [-0.25, -0.2) is 4.98 Å². The summed E-state index contributed by atoms with van der Waals surface area (Å²) in [5.74, 6) is 0. The van der Waals surface area contributed by atoms with Gasteiger partial charge in [0, 0.05) is 11.4 Å². The lowest BCUT2D eigenvalue weighted by molar-refractivity contribution is 0.637. The van der Waals surface area contributed by atoms with Crippen LogP contribution in [0.25, 0.3) is 0 Å². The van der Waals surface area contributed by atoms with Crippen LogP contribution in [-0.4, -0.2) is 24.1 Å². The molecule has 15 heavy (non-hydrogen) atoms. The van der Waals surface area contributed by atoms with Gasteiger partial charge >= 0.3 is 0 Å². The van der Waals surface area contributed by atoms with Gasteiger partial charge in [-0.05, 0) is 38.8 Å². The van der Waals surface area contributed by atoms with Gasteiger partial charge in [-0.1, -0.05) is 6.92 Å². The Kier molecular flexibility index (Phi) is 3.97. The van der Waals surface area contributed by atoms with Crippen molar-refractivity contribution in [1.82, 2.24) is 10.3 Å². The van der Waals surface area contributed by atoms with Crippen LogP contribution in [0.2, 0.25) is 0 Å². The van der Waals surface area contributed by atoms with E-state index in [0.717, 1.165) is 24.6 Å². The molecule has 0 radical (unpaired) electrons. The molecule has 4 heteroatoms. The van der Waals surface area contributed by atoms with E-state index in [1.54, 1.807) is 11.3 Å². The summed E-state index contributed by atoms with van der Waals surface area (Å²) in [6, 6.07) is 0.607. The number of aromatic nitrogens is 1. The lowest BCUT2D eigenvalue weighted by atomic mass is 10.1. The molecular weight excluding hydrogens is 206 g/mol. The van der Waals surface area contributed by atoms with Crippen LogP contribution in [0.4, 0.5) is 5.13 Å². The van der Waals surface area contributed by atoms with Crippen molar-refractivity contribution >= 4 is 16.5 Å². The van der Waals surface area contributed by atoms with Crippen molar-refractivity contribution in [2.75, 3.05) is 18.4 Å². The number of nitrogens with one attached hydrogen (secondary N) is 2. The van der Waals surface area contributed by atoms with Crippen LogP contribution in [-0.2, 0) is 6.42 Å². The third-order valence-corrected chi connectivity index (χ3v) is 3.64. The molecule has 0 aliphatic carbocycles. The Balaban J connectivity index is 1.89. The molecule has 0 aromatic carbocycles. The van der Waals surface area contributed by atoms with E-state index >= 15 is 0 Å². The van der Waals surface area contributed by atoms with Gasteiger partial charge in [0.05, 0.1) is 5.69 Å². The molecular formula is C11H19N3S. The van der Waals surface area contributed by atoms with Gasteiger partial charge in [0.2, 0.25) is 0 Å². The summed E-state index contributed by atoms with van der Waals surface area (Å²) in [6.45, 7) is 4.44. The molecule has 1 unspecified atom stereocenters. The SMILES string of the molecule is CCc1csc(NC2CCCNCC2)n1. The molecule has 0 spiro atoms. The molecule has 1 aromatic heterocycles. The largest absolute Gasteiger partial charge is 0.359 e. The Hall–Kier alpha value is -0.610. The molecule has 1 aromatic rings. The molecule has 0 saturated carbocycles. The molecule has 2 N–H and O–H groups in total. The number of nitrogens with zero attached hydrogens (tertiary/aromatic N) is 1. The lowest BCUT2D eigenvalue weighted by Gasteiger charge is -2.14. The van der Waals surface area contributed by atoms with E-state index < -0.39 is 0 Å². The topological polar surface area (TPSA) is 37.0 Å². The van der Waals surface area contributed by atoms with Crippen molar-refractivity contribution in [2.45, 2.75) is 38.6 Å². The van der Waals surface area contributed by atoms with Crippen LogP contribution in [0.1, 0.15) is 31.9 Å². The lowest BCUT2D eigenvalue weighted by Crippen LogP contribution is -2.21. The number of anilines is 1. The van der Waals surface area contributed by atoms with E-state index in [-0.39, 0.29) is 0 Å². The average Bonchev–Trinajstić information content (AvgIpc) is 2.54. The van der Waals surface area contributed by atoms with E-state index in [1.807, 2.05) is 0 Å². The predicted octanol–water partition coefficient (Wildman–Crippen LogP) is 2.26. The minimum atomic E-state index is 0.607. The molecule has 2 heterocycles. The molecule has 0 bridgehead atoms.